The molecule has 1 N–H and O–H groups in total. The van der Waals surface area contributed by atoms with Crippen molar-refractivity contribution in [1.29, 1.82) is 0 Å². The number of ketones is 1. The van der Waals surface area contributed by atoms with Crippen molar-refractivity contribution >= 4 is 17.4 Å². The van der Waals surface area contributed by atoms with Gasteiger partial charge in [0.2, 0.25) is 0 Å². The highest BCUT2D eigenvalue weighted by atomic mass is 19.1. The van der Waals surface area contributed by atoms with Crippen LogP contribution in [0.2, 0.25) is 0 Å². The fourth-order valence-electron chi connectivity index (χ4n) is 3.68. The molecule has 0 aliphatic carbocycles. The molecule has 1 atom stereocenters. The average molecular weight is 413 g/mol. The lowest BCUT2D eigenvalue weighted by Gasteiger charge is -2.25. The molecule has 0 bridgehead atoms. The van der Waals surface area contributed by atoms with Gasteiger partial charge in [-0.2, -0.15) is 0 Å². The summed E-state index contributed by atoms with van der Waals surface area (Å²) >= 11 is 0. The Morgan fingerprint density at radius 1 is 1.07 bits per heavy atom. The summed E-state index contributed by atoms with van der Waals surface area (Å²) in [6.45, 7) is 2.22. The molecule has 7 heteroatoms. The molecule has 3 rings (SSSR count). The Morgan fingerprint density at radius 3 is 2.27 bits per heavy atom. The third kappa shape index (κ3) is 3.63. The second-order valence-electron chi connectivity index (χ2n) is 6.91. The van der Waals surface area contributed by atoms with Crippen molar-refractivity contribution in [2.45, 2.75) is 25.8 Å². The standard InChI is InChI=1S/C23H24FNO5/c1-4-5-13-25-20(14-9-6-7-10-15(14)24)19(22(27)23(25)28)21(26)18-16(29-2)11-8-12-17(18)30-3/h6-12,20,26H,4-5,13H2,1-3H3/b21-19+. The number of hydrogen-bond acceptors (Lipinski definition) is 5. The van der Waals surface area contributed by atoms with E-state index in [1.54, 1.807) is 24.3 Å². The van der Waals surface area contributed by atoms with Gasteiger partial charge >= 0.3 is 0 Å². The third-order valence-corrected chi connectivity index (χ3v) is 5.16. The summed E-state index contributed by atoms with van der Waals surface area (Å²) in [7, 11) is 2.83. The average Bonchev–Trinajstić information content (AvgIpc) is 3.01. The topological polar surface area (TPSA) is 76.1 Å². The van der Waals surface area contributed by atoms with Crippen LogP contribution in [0.1, 0.15) is 36.9 Å². The molecule has 1 fully saturated rings. The van der Waals surface area contributed by atoms with Crippen LogP contribution in [0.15, 0.2) is 48.0 Å². The molecule has 1 aliphatic heterocycles. The van der Waals surface area contributed by atoms with Crippen LogP contribution >= 0.6 is 0 Å². The minimum atomic E-state index is -1.05. The van der Waals surface area contributed by atoms with Crippen LogP contribution in [0.25, 0.3) is 5.76 Å². The molecule has 158 valence electrons. The first-order chi connectivity index (χ1) is 14.5. The number of aliphatic hydroxyl groups is 1. The highest BCUT2D eigenvalue weighted by Gasteiger charge is 2.47. The molecule has 2 aromatic rings. The number of amides is 1. The van der Waals surface area contributed by atoms with E-state index < -0.39 is 29.3 Å². The zero-order valence-corrected chi connectivity index (χ0v) is 17.1. The van der Waals surface area contributed by atoms with E-state index in [0.29, 0.717) is 6.42 Å². The van der Waals surface area contributed by atoms with E-state index in [4.69, 9.17) is 9.47 Å². The van der Waals surface area contributed by atoms with E-state index in [9.17, 15) is 19.1 Å². The van der Waals surface area contributed by atoms with E-state index >= 15 is 0 Å². The number of Topliss-reactive ketones (excluding diaryl/α,β-unsaturated/α-hetero) is 1. The van der Waals surface area contributed by atoms with Gasteiger partial charge in [0.15, 0.2) is 0 Å². The number of carbonyl (C=O) groups is 2. The van der Waals surface area contributed by atoms with Gasteiger partial charge in [-0.25, -0.2) is 4.39 Å². The number of unbranched alkanes of at least 4 members (excludes halogenated alkanes) is 1. The molecule has 1 saturated heterocycles. The number of nitrogens with zero attached hydrogens (tertiary/aromatic N) is 1. The van der Waals surface area contributed by atoms with Gasteiger partial charge in [-0.05, 0) is 24.6 Å². The van der Waals surface area contributed by atoms with Crippen LogP contribution in [-0.4, -0.2) is 42.5 Å². The summed E-state index contributed by atoms with van der Waals surface area (Å²) in [6.07, 6.45) is 1.42. The van der Waals surface area contributed by atoms with Crippen LogP contribution in [0.3, 0.4) is 0 Å². The molecular formula is C23H24FNO5. The van der Waals surface area contributed by atoms with Gasteiger partial charge in [0.1, 0.15) is 28.6 Å². The van der Waals surface area contributed by atoms with E-state index in [2.05, 4.69) is 0 Å². The molecule has 0 aromatic heterocycles. The van der Waals surface area contributed by atoms with Crippen molar-refractivity contribution in [2.24, 2.45) is 0 Å². The van der Waals surface area contributed by atoms with Gasteiger partial charge in [0, 0.05) is 12.1 Å². The smallest absolute Gasteiger partial charge is 0.295 e. The number of methoxy groups -OCH3 is 2. The molecule has 1 aliphatic rings. The van der Waals surface area contributed by atoms with Gasteiger partial charge in [0.25, 0.3) is 11.7 Å². The van der Waals surface area contributed by atoms with Crippen LogP contribution in [-0.2, 0) is 9.59 Å². The maximum atomic E-state index is 14.7. The summed E-state index contributed by atoms with van der Waals surface area (Å²) in [6, 6.07) is 9.75. The van der Waals surface area contributed by atoms with Crippen molar-refractivity contribution in [3.63, 3.8) is 0 Å². The van der Waals surface area contributed by atoms with Crippen LogP contribution in [0.4, 0.5) is 4.39 Å². The lowest BCUT2D eigenvalue weighted by molar-refractivity contribution is -0.139. The molecule has 1 amide bonds. The fraction of sp³-hybridized carbons (Fsp3) is 0.304. The number of benzene rings is 2. The molecular weight excluding hydrogens is 389 g/mol. The fourth-order valence-corrected chi connectivity index (χ4v) is 3.68. The molecule has 0 saturated carbocycles. The predicted molar refractivity (Wildman–Crippen MR) is 110 cm³/mol. The van der Waals surface area contributed by atoms with Gasteiger partial charge in [-0.3, -0.25) is 9.59 Å². The molecule has 6 nitrogen and oxygen atoms in total. The van der Waals surface area contributed by atoms with Gasteiger partial charge in [-0.1, -0.05) is 37.6 Å². The number of halogens is 1. The summed E-state index contributed by atoms with van der Waals surface area (Å²) in [5.74, 6) is -2.14. The van der Waals surface area contributed by atoms with Gasteiger partial charge in [0.05, 0.1) is 25.8 Å². The zero-order valence-electron chi connectivity index (χ0n) is 17.1. The van der Waals surface area contributed by atoms with Crippen LogP contribution < -0.4 is 9.47 Å². The third-order valence-electron chi connectivity index (χ3n) is 5.16. The Morgan fingerprint density at radius 2 is 1.70 bits per heavy atom. The first-order valence-corrected chi connectivity index (χ1v) is 9.70. The first-order valence-electron chi connectivity index (χ1n) is 9.70. The summed E-state index contributed by atoms with van der Waals surface area (Å²) < 4.78 is 25.4. The Bertz CT molecular complexity index is 979. The van der Waals surface area contributed by atoms with Crippen LogP contribution in [0, 0.1) is 5.82 Å². The Kier molecular flexibility index (Phi) is 6.40. The number of carbonyl (C=O) groups excluding carboxylic acids is 2. The van der Waals surface area contributed by atoms with Gasteiger partial charge in [-0.15, -0.1) is 0 Å². The second-order valence-corrected chi connectivity index (χ2v) is 6.91. The summed E-state index contributed by atoms with van der Waals surface area (Å²) in [4.78, 5) is 27.1. The van der Waals surface area contributed by atoms with E-state index in [0.717, 1.165) is 6.42 Å². The largest absolute Gasteiger partial charge is 0.506 e. The predicted octanol–water partition coefficient (Wildman–Crippen LogP) is 4.06. The minimum absolute atomic E-state index is 0.136. The zero-order chi connectivity index (χ0) is 21.8. The van der Waals surface area contributed by atoms with Crippen LogP contribution in [0.5, 0.6) is 11.5 Å². The highest BCUT2D eigenvalue weighted by Crippen LogP contribution is 2.43. The molecule has 2 aromatic carbocycles. The van der Waals surface area contributed by atoms with Gasteiger partial charge < -0.3 is 19.5 Å². The van der Waals surface area contributed by atoms with Crippen molar-refractivity contribution in [3.05, 3.63) is 65.0 Å². The monoisotopic (exact) mass is 413 g/mol. The normalized spacial score (nSPS) is 18.0. The maximum absolute atomic E-state index is 14.7. The highest BCUT2D eigenvalue weighted by molar-refractivity contribution is 6.46. The lowest BCUT2D eigenvalue weighted by atomic mass is 9.94. The first kappa shape index (κ1) is 21.4. The quantitative estimate of drug-likeness (QED) is 0.421. The molecule has 0 radical (unpaired) electrons. The number of rotatable bonds is 7. The number of hydrogen-bond donors (Lipinski definition) is 1. The number of aliphatic hydroxyl groups excluding tert-OH is 1. The minimum Gasteiger partial charge on any atom is -0.506 e. The second kappa shape index (κ2) is 8.98. The van der Waals surface area contributed by atoms with E-state index in [1.165, 1.54) is 37.3 Å². The van der Waals surface area contributed by atoms with E-state index in [-0.39, 0.29) is 34.7 Å². The van der Waals surface area contributed by atoms with Crippen molar-refractivity contribution in [2.75, 3.05) is 20.8 Å². The lowest BCUT2D eigenvalue weighted by Crippen LogP contribution is -2.31. The summed E-state index contributed by atoms with van der Waals surface area (Å²) in [5, 5.41) is 11.2. The van der Waals surface area contributed by atoms with Crippen molar-refractivity contribution < 1.29 is 28.6 Å². The Hall–Kier alpha value is -3.35. The summed E-state index contributed by atoms with van der Waals surface area (Å²) in [5.41, 5.74) is 0.0875. The number of likely N-dealkylation sites (tertiary alicyclic amines) is 1. The van der Waals surface area contributed by atoms with Crippen molar-refractivity contribution in [3.8, 4) is 11.5 Å². The SMILES string of the molecule is CCCCN1C(=O)C(=O)/C(=C(/O)c2c(OC)cccc2OC)C1c1ccccc1F. The molecule has 1 heterocycles. The Balaban J connectivity index is 2.29. The van der Waals surface area contributed by atoms with Crippen molar-refractivity contribution in [1.82, 2.24) is 4.90 Å². The number of ether oxygens (including phenoxy) is 2. The molecule has 1 unspecified atom stereocenters. The Labute approximate surface area is 174 Å². The maximum Gasteiger partial charge on any atom is 0.295 e. The van der Waals surface area contributed by atoms with E-state index in [1.807, 2.05) is 6.92 Å². The molecule has 0 spiro atoms. The molecule has 30 heavy (non-hydrogen) atoms.